The Labute approximate surface area is 100 Å². The van der Waals surface area contributed by atoms with Crippen LogP contribution in [0, 0.1) is 0 Å². The van der Waals surface area contributed by atoms with E-state index in [0.717, 1.165) is 37.9 Å². The maximum atomic E-state index is 11.4. The summed E-state index contributed by atoms with van der Waals surface area (Å²) in [5.74, 6) is -0.671. The standard InChI is InChI=1S/C14H16O3/c15-13(16)14(5-1-6-14)12-3-2-11-9-17-7-4-10(11)8-12/h2-3,8H,1,4-7,9H2,(H,15,16). The van der Waals surface area contributed by atoms with Crippen molar-refractivity contribution in [1.29, 1.82) is 0 Å². The molecule has 0 radical (unpaired) electrons. The summed E-state index contributed by atoms with van der Waals surface area (Å²) >= 11 is 0. The lowest BCUT2D eigenvalue weighted by atomic mass is 9.64. The zero-order valence-corrected chi connectivity index (χ0v) is 9.74. The summed E-state index contributed by atoms with van der Waals surface area (Å²) in [7, 11) is 0. The molecule has 1 aliphatic carbocycles. The SMILES string of the molecule is O=C(O)C1(c2ccc3c(c2)CCOC3)CCC1. The highest BCUT2D eigenvalue weighted by Crippen LogP contribution is 2.44. The first-order chi connectivity index (χ1) is 8.22. The molecule has 0 bridgehead atoms. The Hall–Kier alpha value is -1.35. The molecule has 0 atom stereocenters. The van der Waals surface area contributed by atoms with Crippen LogP contribution in [0.15, 0.2) is 18.2 Å². The van der Waals surface area contributed by atoms with Gasteiger partial charge >= 0.3 is 5.97 Å². The fraction of sp³-hybridized carbons (Fsp3) is 0.500. The Morgan fingerprint density at radius 3 is 2.76 bits per heavy atom. The molecule has 1 heterocycles. The van der Waals surface area contributed by atoms with E-state index in [4.69, 9.17) is 4.74 Å². The van der Waals surface area contributed by atoms with Crippen LogP contribution in [0.25, 0.3) is 0 Å². The van der Waals surface area contributed by atoms with E-state index in [1.807, 2.05) is 12.1 Å². The molecule has 0 unspecified atom stereocenters. The molecular formula is C14H16O3. The van der Waals surface area contributed by atoms with Gasteiger partial charge < -0.3 is 9.84 Å². The molecule has 17 heavy (non-hydrogen) atoms. The molecular weight excluding hydrogens is 216 g/mol. The minimum Gasteiger partial charge on any atom is -0.481 e. The van der Waals surface area contributed by atoms with E-state index in [9.17, 15) is 9.90 Å². The van der Waals surface area contributed by atoms with Crippen LogP contribution in [0.4, 0.5) is 0 Å². The van der Waals surface area contributed by atoms with Gasteiger partial charge in [-0.1, -0.05) is 24.6 Å². The average Bonchev–Trinajstić information content (AvgIpc) is 2.27. The summed E-state index contributed by atoms with van der Waals surface area (Å²) in [5.41, 5.74) is 2.85. The van der Waals surface area contributed by atoms with Crippen molar-refractivity contribution in [3.63, 3.8) is 0 Å². The van der Waals surface area contributed by atoms with Gasteiger partial charge in [0.15, 0.2) is 0 Å². The van der Waals surface area contributed by atoms with E-state index in [0.29, 0.717) is 6.61 Å². The summed E-state index contributed by atoms with van der Waals surface area (Å²) in [4.78, 5) is 11.4. The van der Waals surface area contributed by atoms with Gasteiger partial charge in [0.2, 0.25) is 0 Å². The molecule has 1 aliphatic heterocycles. The van der Waals surface area contributed by atoms with Crippen molar-refractivity contribution < 1.29 is 14.6 Å². The largest absolute Gasteiger partial charge is 0.481 e. The number of hydrogen-bond donors (Lipinski definition) is 1. The molecule has 2 aliphatic rings. The highest BCUT2D eigenvalue weighted by atomic mass is 16.5. The lowest BCUT2D eigenvalue weighted by Gasteiger charge is -2.38. The number of fused-ring (bicyclic) bond motifs is 1. The second kappa shape index (κ2) is 3.84. The van der Waals surface area contributed by atoms with Gasteiger partial charge in [-0.15, -0.1) is 0 Å². The maximum absolute atomic E-state index is 11.4. The normalized spacial score (nSPS) is 21.4. The smallest absolute Gasteiger partial charge is 0.314 e. The van der Waals surface area contributed by atoms with Gasteiger partial charge in [0.1, 0.15) is 0 Å². The van der Waals surface area contributed by atoms with Crippen molar-refractivity contribution in [2.24, 2.45) is 0 Å². The van der Waals surface area contributed by atoms with Crippen LogP contribution in [0.1, 0.15) is 36.0 Å². The minimum absolute atomic E-state index is 0.604. The third-order valence-corrected chi connectivity index (χ3v) is 4.15. The summed E-state index contributed by atoms with van der Waals surface area (Å²) in [5, 5.41) is 9.42. The van der Waals surface area contributed by atoms with E-state index >= 15 is 0 Å². The third kappa shape index (κ3) is 1.57. The molecule has 1 fully saturated rings. The number of hydrogen-bond acceptors (Lipinski definition) is 2. The lowest BCUT2D eigenvalue weighted by Crippen LogP contribution is -2.42. The van der Waals surface area contributed by atoms with Crippen molar-refractivity contribution in [1.82, 2.24) is 0 Å². The minimum atomic E-state index is -0.671. The van der Waals surface area contributed by atoms with Gasteiger partial charge in [-0.3, -0.25) is 4.79 Å². The van der Waals surface area contributed by atoms with Gasteiger partial charge in [0.25, 0.3) is 0 Å². The van der Waals surface area contributed by atoms with Crippen molar-refractivity contribution in [3.05, 3.63) is 34.9 Å². The highest BCUT2D eigenvalue weighted by Gasteiger charge is 2.46. The van der Waals surface area contributed by atoms with E-state index in [1.165, 1.54) is 11.1 Å². The van der Waals surface area contributed by atoms with Crippen LogP contribution < -0.4 is 0 Å². The number of benzene rings is 1. The predicted molar refractivity (Wildman–Crippen MR) is 63.0 cm³/mol. The summed E-state index contributed by atoms with van der Waals surface area (Å²) < 4.78 is 5.39. The van der Waals surface area contributed by atoms with E-state index in [-0.39, 0.29) is 0 Å². The van der Waals surface area contributed by atoms with Gasteiger partial charge in [0, 0.05) is 0 Å². The van der Waals surface area contributed by atoms with Gasteiger partial charge in [0.05, 0.1) is 18.6 Å². The fourth-order valence-electron chi connectivity index (χ4n) is 2.82. The quantitative estimate of drug-likeness (QED) is 0.850. The van der Waals surface area contributed by atoms with Gasteiger partial charge in [-0.05, 0) is 36.0 Å². The van der Waals surface area contributed by atoms with Crippen LogP contribution in [0.2, 0.25) is 0 Å². The average molecular weight is 232 g/mol. The molecule has 1 saturated carbocycles. The van der Waals surface area contributed by atoms with Crippen LogP contribution in [0.5, 0.6) is 0 Å². The number of carboxylic acid groups (broad SMARTS) is 1. The Balaban J connectivity index is 2.01. The molecule has 0 amide bonds. The summed E-state index contributed by atoms with van der Waals surface area (Å²) in [6, 6.07) is 6.10. The molecule has 1 aromatic carbocycles. The molecule has 90 valence electrons. The van der Waals surface area contributed by atoms with Crippen LogP contribution in [-0.4, -0.2) is 17.7 Å². The third-order valence-electron chi connectivity index (χ3n) is 4.15. The number of ether oxygens (including phenoxy) is 1. The number of carbonyl (C=O) groups is 1. The second-order valence-electron chi connectivity index (χ2n) is 5.03. The number of carboxylic acids is 1. The second-order valence-corrected chi connectivity index (χ2v) is 5.03. The first-order valence-electron chi connectivity index (χ1n) is 6.16. The first-order valence-corrected chi connectivity index (χ1v) is 6.16. The summed E-state index contributed by atoms with van der Waals surface area (Å²) in [6.07, 6.45) is 3.47. The monoisotopic (exact) mass is 232 g/mol. The van der Waals surface area contributed by atoms with Gasteiger partial charge in [-0.2, -0.15) is 0 Å². The lowest BCUT2D eigenvalue weighted by molar-refractivity contribution is -0.147. The molecule has 0 spiro atoms. The van der Waals surface area contributed by atoms with Crippen LogP contribution in [-0.2, 0) is 28.0 Å². The zero-order valence-electron chi connectivity index (χ0n) is 9.74. The first kappa shape index (κ1) is 10.8. The summed E-state index contributed by atoms with van der Waals surface area (Å²) in [6.45, 7) is 1.41. The van der Waals surface area contributed by atoms with Gasteiger partial charge in [-0.25, -0.2) is 0 Å². The molecule has 0 aromatic heterocycles. The highest BCUT2D eigenvalue weighted by molar-refractivity contribution is 5.82. The maximum Gasteiger partial charge on any atom is 0.314 e. The zero-order chi connectivity index (χ0) is 11.9. The number of aliphatic carboxylic acids is 1. The van der Waals surface area contributed by atoms with Crippen LogP contribution >= 0.6 is 0 Å². The molecule has 3 heteroatoms. The van der Waals surface area contributed by atoms with Crippen molar-refractivity contribution >= 4 is 5.97 Å². The van der Waals surface area contributed by atoms with Crippen LogP contribution in [0.3, 0.4) is 0 Å². The molecule has 3 nitrogen and oxygen atoms in total. The Morgan fingerprint density at radius 1 is 1.29 bits per heavy atom. The predicted octanol–water partition coefficient (Wildman–Crippen LogP) is 2.27. The van der Waals surface area contributed by atoms with Crippen molar-refractivity contribution in [2.75, 3.05) is 6.61 Å². The fourth-order valence-corrected chi connectivity index (χ4v) is 2.82. The van der Waals surface area contributed by atoms with E-state index in [1.54, 1.807) is 0 Å². The number of rotatable bonds is 2. The Bertz CT molecular complexity index is 461. The molecule has 3 rings (SSSR count). The van der Waals surface area contributed by atoms with Crippen molar-refractivity contribution in [3.8, 4) is 0 Å². The molecule has 1 aromatic rings. The van der Waals surface area contributed by atoms with Crippen molar-refractivity contribution in [2.45, 2.75) is 37.7 Å². The Kier molecular flexibility index (Phi) is 2.44. The topological polar surface area (TPSA) is 46.5 Å². The Morgan fingerprint density at radius 2 is 2.12 bits per heavy atom. The molecule has 0 saturated heterocycles. The van der Waals surface area contributed by atoms with E-state index < -0.39 is 11.4 Å². The molecule has 1 N–H and O–H groups in total. The van der Waals surface area contributed by atoms with E-state index in [2.05, 4.69) is 6.07 Å².